The molecule has 0 spiro atoms. The number of amides is 3. The van der Waals surface area contributed by atoms with Gasteiger partial charge in [-0.1, -0.05) is 6.92 Å². The summed E-state index contributed by atoms with van der Waals surface area (Å²) in [5.74, 6) is 1.06. The summed E-state index contributed by atoms with van der Waals surface area (Å²) in [5.41, 5.74) is 0. The van der Waals surface area contributed by atoms with Crippen molar-refractivity contribution in [3.05, 3.63) is 23.7 Å². The quantitative estimate of drug-likeness (QED) is 0.802. The Bertz CT molecular complexity index is 752. The zero-order chi connectivity index (χ0) is 19.1. The maximum Gasteiger partial charge on any atom is 0.410 e. The van der Waals surface area contributed by atoms with Gasteiger partial charge in [-0.2, -0.15) is 0 Å². The van der Waals surface area contributed by atoms with Gasteiger partial charge in [-0.15, -0.1) is 0 Å². The summed E-state index contributed by atoms with van der Waals surface area (Å²) in [7, 11) is 0. The van der Waals surface area contributed by atoms with Crippen molar-refractivity contribution in [2.45, 2.75) is 51.3 Å². The second kappa shape index (κ2) is 6.90. The SMILES string of the molecule is CCC(=O)N1C[C@@H]2OC(=O)N(C3CCN(C(=O)c4ccc(C)o4)CC3)[C@@H]2C1. The first-order valence-corrected chi connectivity index (χ1v) is 9.60. The molecule has 0 unspecified atom stereocenters. The lowest BCUT2D eigenvalue weighted by atomic mass is 10.0. The van der Waals surface area contributed by atoms with E-state index in [1.54, 1.807) is 21.9 Å². The minimum absolute atomic E-state index is 0.0339. The molecule has 8 nitrogen and oxygen atoms in total. The van der Waals surface area contributed by atoms with Crippen LogP contribution < -0.4 is 0 Å². The lowest BCUT2D eigenvalue weighted by molar-refractivity contribution is -0.130. The van der Waals surface area contributed by atoms with Crippen molar-refractivity contribution in [2.75, 3.05) is 26.2 Å². The Kier molecular flexibility index (Phi) is 4.57. The van der Waals surface area contributed by atoms with E-state index in [2.05, 4.69) is 0 Å². The minimum atomic E-state index is -0.292. The van der Waals surface area contributed by atoms with E-state index in [1.165, 1.54) is 0 Å². The van der Waals surface area contributed by atoms with E-state index in [4.69, 9.17) is 9.15 Å². The van der Waals surface area contributed by atoms with Crippen LogP contribution in [0, 0.1) is 6.92 Å². The van der Waals surface area contributed by atoms with E-state index in [-0.39, 0.29) is 36.1 Å². The van der Waals surface area contributed by atoms with E-state index in [0.29, 0.717) is 57.0 Å². The van der Waals surface area contributed by atoms with Crippen molar-refractivity contribution in [1.29, 1.82) is 0 Å². The number of nitrogens with zero attached hydrogens (tertiary/aromatic N) is 3. The molecule has 0 saturated carbocycles. The number of carbonyl (C=O) groups is 3. The van der Waals surface area contributed by atoms with E-state index in [9.17, 15) is 14.4 Å². The first-order valence-electron chi connectivity index (χ1n) is 9.60. The van der Waals surface area contributed by atoms with Crippen LogP contribution in [-0.4, -0.2) is 77.0 Å². The Labute approximate surface area is 158 Å². The lowest BCUT2D eigenvalue weighted by Gasteiger charge is -2.37. The van der Waals surface area contributed by atoms with Gasteiger partial charge in [0.2, 0.25) is 5.91 Å². The summed E-state index contributed by atoms with van der Waals surface area (Å²) < 4.78 is 11.0. The van der Waals surface area contributed by atoms with Crippen molar-refractivity contribution in [3.63, 3.8) is 0 Å². The number of ether oxygens (including phenoxy) is 1. The Morgan fingerprint density at radius 1 is 1.15 bits per heavy atom. The predicted molar refractivity (Wildman–Crippen MR) is 95.1 cm³/mol. The number of likely N-dealkylation sites (tertiary alicyclic amines) is 2. The number of aryl methyl sites for hydroxylation is 1. The zero-order valence-electron chi connectivity index (χ0n) is 15.7. The molecule has 3 aliphatic rings. The van der Waals surface area contributed by atoms with Crippen molar-refractivity contribution in [3.8, 4) is 0 Å². The van der Waals surface area contributed by atoms with Gasteiger partial charge in [0.1, 0.15) is 11.9 Å². The second-order valence-electron chi connectivity index (χ2n) is 7.48. The summed E-state index contributed by atoms with van der Waals surface area (Å²) in [5, 5.41) is 0. The summed E-state index contributed by atoms with van der Waals surface area (Å²) in [6.45, 7) is 5.81. The Balaban J connectivity index is 1.38. The Morgan fingerprint density at radius 2 is 1.89 bits per heavy atom. The molecule has 146 valence electrons. The fourth-order valence-electron chi connectivity index (χ4n) is 4.36. The molecule has 0 radical (unpaired) electrons. The fourth-order valence-corrected chi connectivity index (χ4v) is 4.36. The number of hydrogen-bond donors (Lipinski definition) is 0. The Hall–Kier alpha value is -2.51. The number of furan rings is 1. The molecule has 3 aliphatic heterocycles. The first-order chi connectivity index (χ1) is 13.0. The summed E-state index contributed by atoms with van der Waals surface area (Å²) >= 11 is 0. The lowest BCUT2D eigenvalue weighted by Crippen LogP contribution is -2.51. The summed E-state index contributed by atoms with van der Waals surface area (Å²) in [4.78, 5) is 42.2. The van der Waals surface area contributed by atoms with Crippen molar-refractivity contribution in [2.24, 2.45) is 0 Å². The van der Waals surface area contributed by atoms with Gasteiger partial charge in [-0.05, 0) is 31.9 Å². The monoisotopic (exact) mass is 375 g/mol. The van der Waals surface area contributed by atoms with Crippen LogP contribution in [0.4, 0.5) is 4.79 Å². The largest absolute Gasteiger partial charge is 0.456 e. The zero-order valence-corrected chi connectivity index (χ0v) is 15.7. The van der Waals surface area contributed by atoms with E-state index in [0.717, 1.165) is 0 Å². The molecule has 8 heteroatoms. The van der Waals surface area contributed by atoms with E-state index in [1.807, 2.05) is 18.7 Å². The average Bonchev–Trinajstić information content (AvgIpc) is 3.34. The van der Waals surface area contributed by atoms with Gasteiger partial charge in [0.25, 0.3) is 5.91 Å². The molecule has 0 aromatic carbocycles. The molecular weight excluding hydrogens is 350 g/mol. The maximum absolute atomic E-state index is 12.5. The molecule has 4 heterocycles. The third-order valence-corrected chi connectivity index (χ3v) is 5.81. The third-order valence-electron chi connectivity index (χ3n) is 5.81. The highest BCUT2D eigenvalue weighted by molar-refractivity contribution is 5.91. The van der Waals surface area contributed by atoms with Gasteiger partial charge in [-0.3, -0.25) is 14.5 Å². The smallest absolute Gasteiger partial charge is 0.410 e. The molecule has 1 aromatic heterocycles. The molecule has 4 rings (SSSR count). The second-order valence-corrected chi connectivity index (χ2v) is 7.48. The van der Waals surface area contributed by atoms with Crippen LogP contribution in [-0.2, 0) is 9.53 Å². The highest BCUT2D eigenvalue weighted by Gasteiger charge is 2.51. The maximum atomic E-state index is 12.5. The number of carbonyl (C=O) groups excluding carboxylic acids is 3. The average molecular weight is 375 g/mol. The molecule has 3 saturated heterocycles. The number of rotatable bonds is 3. The standard InChI is InChI=1S/C19H25N3O5/c1-3-17(23)21-10-14-16(11-21)27-19(25)22(14)13-6-8-20(9-7-13)18(24)15-5-4-12(2)26-15/h4-5,13-14,16H,3,6-11H2,1-2H3/t14-,16+/m1/s1. The van der Waals surface area contributed by atoms with Gasteiger partial charge in [0.15, 0.2) is 5.76 Å². The van der Waals surface area contributed by atoms with Crippen LogP contribution in [0.3, 0.4) is 0 Å². The third kappa shape index (κ3) is 3.17. The number of fused-ring (bicyclic) bond motifs is 1. The van der Waals surface area contributed by atoms with Gasteiger partial charge in [0, 0.05) is 32.1 Å². The van der Waals surface area contributed by atoms with Gasteiger partial charge >= 0.3 is 6.09 Å². The van der Waals surface area contributed by atoms with Crippen LogP contribution in [0.2, 0.25) is 0 Å². The summed E-state index contributed by atoms with van der Waals surface area (Å²) in [6.07, 6.45) is 1.33. The van der Waals surface area contributed by atoms with Gasteiger partial charge < -0.3 is 19.0 Å². The highest BCUT2D eigenvalue weighted by Crippen LogP contribution is 2.32. The van der Waals surface area contributed by atoms with Crippen molar-refractivity contribution in [1.82, 2.24) is 14.7 Å². The first kappa shape index (κ1) is 17.9. The normalized spacial score (nSPS) is 25.7. The number of piperidine rings is 1. The van der Waals surface area contributed by atoms with Crippen LogP contribution in [0.15, 0.2) is 16.5 Å². The molecule has 1 aromatic rings. The van der Waals surface area contributed by atoms with Gasteiger partial charge in [-0.25, -0.2) is 4.79 Å². The van der Waals surface area contributed by atoms with E-state index < -0.39 is 0 Å². The van der Waals surface area contributed by atoms with Crippen LogP contribution in [0.5, 0.6) is 0 Å². The molecule has 3 amide bonds. The van der Waals surface area contributed by atoms with E-state index >= 15 is 0 Å². The van der Waals surface area contributed by atoms with Crippen LogP contribution in [0.25, 0.3) is 0 Å². The molecule has 27 heavy (non-hydrogen) atoms. The molecule has 0 aliphatic carbocycles. The Morgan fingerprint density at radius 3 is 2.52 bits per heavy atom. The topological polar surface area (TPSA) is 83.3 Å². The minimum Gasteiger partial charge on any atom is -0.456 e. The van der Waals surface area contributed by atoms with Crippen molar-refractivity contribution < 1.29 is 23.5 Å². The van der Waals surface area contributed by atoms with Crippen LogP contribution >= 0.6 is 0 Å². The molecule has 0 N–H and O–H groups in total. The summed E-state index contributed by atoms with van der Waals surface area (Å²) in [6, 6.07) is 3.44. The number of hydrogen-bond acceptors (Lipinski definition) is 5. The fraction of sp³-hybridized carbons (Fsp3) is 0.632. The van der Waals surface area contributed by atoms with Gasteiger partial charge in [0.05, 0.1) is 12.6 Å². The molecule has 0 bridgehead atoms. The predicted octanol–water partition coefficient (Wildman–Crippen LogP) is 1.63. The van der Waals surface area contributed by atoms with Crippen LogP contribution in [0.1, 0.15) is 42.5 Å². The molecule has 3 fully saturated rings. The molecular formula is C19H25N3O5. The highest BCUT2D eigenvalue weighted by atomic mass is 16.6. The molecule has 2 atom stereocenters. The van der Waals surface area contributed by atoms with Crippen molar-refractivity contribution >= 4 is 17.9 Å².